The maximum Gasteiger partial charge on any atom is 0.342 e. The quantitative estimate of drug-likeness (QED) is 0.302. The van der Waals surface area contributed by atoms with Gasteiger partial charge in [0.05, 0.1) is 12.6 Å². The minimum Gasteiger partial charge on any atom is -0.465 e. The van der Waals surface area contributed by atoms with E-state index in [4.69, 9.17) is 9.47 Å². The monoisotopic (exact) mass is 571 g/mol. The van der Waals surface area contributed by atoms with E-state index >= 15 is 0 Å². The second-order valence-corrected chi connectivity index (χ2v) is 12.0. The Bertz CT molecular complexity index is 1170. The minimum atomic E-state index is -0.985. The zero-order valence-electron chi connectivity index (χ0n) is 23.3. The molecular weight excluding hydrogens is 534 g/mol. The van der Waals surface area contributed by atoms with Crippen molar-refractivity contribution >= 4 is 46.4 Å². The van der Waals surface area contributed by atoms with Gasteiger partial charge in [-0.1, -0.05) is 54.2 Å². The Kier molecular flexibility index (Phi) is 11.0. The van der Waals surface area contributed by atoms with Gasteiger partial charge in [-0.15, -0.1) is 11.8 Å². The average molecular weight is 572 g/mol. The lowest BCUT2D eigenvalue weighted by Gasteiger charge is -2.28. The molecule has 1 aliphatic heterocycles. The summed E-state index contributed by atoms with van der Waals surface area (Å²) >= 11 is 2.80. The number of thioether (sulfide) groups is 2. The molecule has 0 spiro atoms. The van der Waals surface area contributed by atoms with Gasteiger partial charge in [0, 0.05) is 10.5 Å². The Hall–Kier alpha value is -2.82. The standard InChI is InChI=1S/C29H37N3O5S2/c1-7-36-27(34)23(18-13-20-11-9-8-10-12-20)30-19(2)25(33)32-26(28(35)37-29(3,4)5)39-24(31-32)21-14-16-22(38-6)17-15-21/h8-12,14-17,19,23,26,30H,7,13,18H2,1-6H3/t19-,23-,26-/m0/s1. The topological polar surface area (TPSA) is 97.3 Å². The molecule has 39 heavy (non-hydrogen) atoms. The second-order valence-electron chi connectivity index (χ2n) is 10.0. The van der Waals surface area contributed by atoms with Crippen LogP contribution in [0.2, 0.25) is 0 Å². The molecule has 1 aliphatic rings. The van der Waals surface area contributed by atoms with Crippen LogP contribution in [-0.4, -0.2) is 63.8 Å². The SMILES string of the molecule is CCOC(=O)[C@H](CCc1ccccc1)N[C@@H](C)C(=O)N1N=C(c2ccc(SC)cc2)S[C@H]1C(=O)OC(C)(C)C. The highest BCUT2D eigenvalue weighted by atomic mass is 32.2. The summed E-state index contributed by atoms with van der Waals surface area (Å²) in [5, 5.41) is 8.41. The molecule has 0 bridgehead atoms. The highest BCUT2D eigenvalue weighted by molar-refractivity contribution is 8.15. The summed E-state index contributed by atoms with van der Waals surface area (Å²) in [5.74, 6) is -1.42. The van der Waals surface area contributed by atoms with Gasteiger partial charge in [0.2, 0.25) is 5.37 Å². The fraction of sp³-hybridized carbons (Fsp3) is 0.448. The van der Waals surface area contributed by atoms with Gasteiger partial charge in [-0.05, 0) is 71.4 Å². The van der Waals surface area contributed by atoms with Crippen molar-refractivity contribution in [3.8, 4) is 0 Å². The Morgan fingerprint density at radius 2 is 1.77 bits per heavy atom. The van der Waals surface area contributed by atoms with Crippen LogP contribution in [0.15, 0.2) is 64.6 Å². The summed E-state index contributed by atoms with van der Waals surface area (Å²) in [5.41, 5.74) is 1.15. The van der Waals surface area contributed by atoms with Crippen molar-refractivity contribution in [3.05, 3.63) is 65.7 Å². The summed E-state index contributed by atoms with van der Waals surface area (Å²) in [4.78, 5) is 40.7. The number of ether oxygens (including phenoxy) is 2. The third-order valence-electron chi connectivity index (χ3n) is 5.77. The molecule has 1 heterocycles. The molecule has 0 aliphatic carbocycles. The van der Waals surface area contributed by atoms with Gasteiger partial charge in [0.25, 0.3) is 5.91 Å². The number of nitrogens with zero attached hydrogens (tertiary/aromatic N) is 2. The lowest BCUT2D eigenvalue weighted by molar-refractivity contribution is -0.161. The molecule has 0 radical (unpaired) electrons. The number of rotatable bonds is 11. The Balaban J connectivity index is 1.81. The van der Waals surface area contributed by atoms with Crippen molar-refractivity contribution in [2.75, 3.05) is 12.9 Å². The summed E-state index contributed by atoms with van der Waals surface area (Å²) < 4.78 is 10.9. The number of esters is 2. The molecule has 1 N–H and O–H groups in total. The van der Waals surface area contributed by atoms with Crippen LogP contribution in [0.1, 0.15) is 52.2 Å². The van der Waals surface area contributed by atoms with Crippen molar-refractivity contribution < 1.29 is 23.9 Å². The first-order valence-electron chi connectivity index (χ1n) is 12.9. The van der Waals surface area contributed by atoms with Gasteiger partial charge in [-0.2, -0.15) is 5.10 Å². The van der Waals surface area contributed by atoms with Gasteiger partial charge in [0.15, 0.2) is 0 Å². The van der Waals surface area contributed by atoms with Gasteiger partial charge >= 0.3 is 11.9 Å². The number of hydrogen-bond donors (Lipinski definition) is 1. The van der Waals surface area contributed by atoms with E-state index in [0.717, 1.165) is 16.0 Å². The molecule has 1 amide bonds. The Labute approximate surface area is 239 Å². The van der Waals surface area contributed by atoms with Crippen molar-refractivity contribution in [1.82, 2.24) is 10.3 Å². The van der Waals surface area contributed by atoms with E-state index in [9.17, 15) is 14.4 Å². The number of hydrazone groups is 1. The van der Waals surface area contributed by atoms with E-state index in [-0.39, 0.29) is 6.61 Å². The summed E-state index contributed by atoms with van der Waals surface area (Å²) in [6.45, 7) is 8.97. The number of carbonyl (C=O) groups excluding carboxylic acids is 3. The first-order chi connectivity index (χ1) is 18.5. The van der Waals surface area contributed by atoms with Crippen LogP contribution in [0.25, 0.3) is 0 Å². The zero-order chi connectivity index (χ0) is 28.6. The molecule has 0 aromatic heterocycles. The molecule has 0 saturated carbocycles. The van der Waals surface area contributed by atoms with Crippen molar-refractivity contribution in [2.45, 2.75) is 75.4 Å². The number of hydrogen-bond acceptors (Lipinski definition) is 9. The molecule has 0 unspecified atom stereocenters. The van der Waals surface area contributed by atoms with Gasteiger partial charge in [-0.25, -0.2) is 9.80 Å². The van der Waals surface area contributed by atoms with E-state index < -0.39 is 40.9 Å². The van der Waals surface area contributed by atoms with Gasteiger partial charge in [0.1, 0.15) is 16.7 Å². The highest BCUT2D eigenvalue weighted by Gasteiger charge is 2.42. The molecule has 0 fully saturated rings. The molecule has 210 valence electrons. The van der Waals surface area contributed by atoms with E-state index in [0.29, 0.717) is 17.9 Å². The molecule has 8 nitrogen and oxygen atoms in total. The van der Waals surface area contributed by atoms with E-state index in [2.05, 4.69) is 10.4 Å². The number of benzene rings is 2. The largest absolute Gasteiger partial charge is 0.465 e. The van der Waals surface area contributed by atoms with Gasteiger partial charge in [-0.3, -0.25) is 14.9 Å². The molecule has 3 rings (SSSR count). The van der Waals surface area contributed by atoms with Crippen LogP contribution in [-0.2, 0) is 30.3 Å². The van der Waals surface area contributed by atoms with Crippen LogP contribution in [0.4, 0.5) is 0 Å². The first kappa shape index (κ1) is 30.7. The van der Waals surface area contributed by atoms with Crippen LogP contribution in [0.3, 0.4) is 0 Å². The molecule has 3 atom stereocenters. The maximum absolute atomic E-state index is 13.7. The lowest BCUT2D eigenvalue weighted by atomic mass is 10.0. The average Bonchev–Trinajstić information content (AvgIpc) is 3.36. The fourth-order valence-corrected chi connectivity index (χ4v) is 5.32. The number of amides is 1. The normalized spacial score (nSPS) is 16.8. The highest BCUT2D eigenvalue weighted by Crippen LogP contribution is 2.33. The predicted molar refractivity (Wildman–Crippen MR) is 157 cm³/mol. The molecular formula is C29H37N3O5S2. The fourth-order valence-electron chi connectivity index (χ4n) is 3.89. The van der Waals surface area contributed by atoms with Crippen LogP contribution in [0.5, 0.6) is 0 Å². The first-order valence-corrected chi connectivity index (χ1v) is 15.0. The number of carbonyl (C=O) groups is 3. The van der Waals surface area contributed by atoms with Crippen molar-refractivity contribution in [2.24, 2.45) is 5.10 Å². The number of aryl methyl sites for hydroxylation is 1. The molecule has 2 aromatic rings. The molecule has 2 aromatic carbocycles. The third-order valence-corrected chi connectivity index (χ3v) is 7.67. The smallest absolute Gasteiger partial charge is 0.342 e. The Morgan fingerprint density at radius 1 is 1.10 bits per heavy atom. The molecule has 0 saturated heterocycles. The minimum absolute atomic E-state index is 0.233. The van der Waals surface area contributed by atoms with E-state index in [1.807, 2.05) is 60.9 Å². The lowest BCUT2D eigenvalue weighted by Crippen LogP contribution is -2.52. The van der Waals surface area contributed by atoms with Crippen molar-refractivity contribution in [1.29, 1.82) is 0 Å². The van der Waals surface area contributed by atoms with E-state index in [1.54, 1.807) is 46.4 Å². The third kappa shape index (κ3) is 8.84. The summed E-state index contributed by atoms with van der Waals surface area (Å²) in [6.07, 6.45) is 3.07. The van der Waals surface area contributed by atoms with Crippen LogP contribution in [0, 0.1) is 0 Å². The molecule has 10 heteroatoms. The van der Waals surface area contributed by atoms with Crippen molar-refractivity contribution in [3.63, 3.8) is 0 Å². The summed E-state index contributed by atoms with van der Waals surface area (Å²) in [7, 11) is 0. The number of nitrogens with one attached hydrogen (secondary N) is 1. The van der Waals surface area contributed by atoms with E-state index in [1.165, 1.54) is 16.8 Å². The van der Waals surface area contributed by atoms with Crippen LogP contribution < -0.4 is 5.32 Å². The predicted octanol–water partition coefficient (Wildman–Crippen LogP) is 4.86. The maximum atomic E-state index is 13.7. The van der Waals surface area contributed by atoms with Gasteiger partial charge < -0.3 is 9.47 Å². The summed E-state index contributed by atoms with van der Waals surface area (Å²) in [6, 6.07) is 16.1. The second kappa shape index (κ2) is 14.0. The Morgan fingerprint density at radius 3 is 2.36 bits per heavy atom. The van der Waals surface area contributed by atoms with Crippen LogP contribution >= 0.6 is 23.5 Å². The zero-order valence-corrected chi connectivity index (χ0v) is 24.9.